The largest absolute Gasteiger partial charge is 0.460 e. The van der Waals surface area contributed by atoms with Gasteiger partial charge in [-0.3, -0.25) is 9.59 Å². The molecule has 140 valence electrons. The van der Waals surface area contributed by atoms with E-state index in [0.29, 0.717) is 16.5 Å². The summed E-state index contributed by atoms with van der Waals surface area (Å²) in [6.07, 6.45) is -0.261. The predicted molar refractivity (Wildman–Crippen MR) is 92.9 cm³/mol. The van der Waals surface area contributed by atoms with Gasteiger partial charge in [-0.15, -0.1) is 0 Å². The van der Waals surface area contributed by atoms with E-state index in [0.717, 1.165) is 10.7 Å². The van der Waals surface area contributed by atoms with E-state index in [4.69, 9.17) is 9.84 Å². The molecule has 2 aromatic carbocycles. The fourth-order valence-corrected chi connectivity index (χ4v) is 2.69. The highest BCUT2D eigenvalue weighted by Gasteiger charge is 2.15. The van der Waals surface area contributed by atoms with Crippen LogP contribution in [0.5, 0.6) is 0 Å². The highest BCUT2D eigenvalue weighted by molar-refractivity contribution is 5.86. The molecule has 0 saturated carbocycles. The van der Waals surface area contributed by atoms with Crippen LogP contribution < -0.4 is 5.56 Å². The third-order valence-corrected chi connectivity index (χ3v) is 3.99. The predicted octanol–water partition coefficient (Wildman–Crippen LogP) is 1.95. The Balaban J connectivity index is 1.83. The molecule has 0 amide bonds. The molecule has 6 nitrogen and oxygen atoms in total. The summed E-state index contributed by atoms with van der Waals surface area (Å²) in [5.41, 5.74) is -0.159. The Morgan fingerprint density at radius 1 is 1.11 bits per heavy atom. The first-order valence-corrected chi connectivity index (χ1v) is 8.19. The molecule has 1 aromatic heterocycles. The maximum absolute atomic E-state index is 13.6. The summed E-state index contributed by atoms with van der Waals surface area (Å²) in [7, 11) is 0. The number of rotatable bonds is 6. The number of nitrogens with zero attached hydrogens (tertiary/aromatic N) is 2. The summed E-state index contributed by atoms with van der Waals surface area (Å²) < 4.78 is 32.9. The Labute approximate surface area is 152 Å². The van der Waals surface area contributed by atoms with Crippen molar-refractivity contribution < 1.29 is 23.4 Å². The van der Waals surface area contributed by atoms with Crippen molar-refractivity contribution in [2.75, 3.05) is 6.61 Å². The summed E-state index contributed by atoms with van der Waals surface area (Å²) >= 11 is 0. The molecule has 0 unspecified atom stereocenters. The van der Waals surface area contributed by atoms with Crippen LogP contribution in [-0.2, 0) is 29.1 Å². The van der Waals surface area contributed by atoms with E-state index in [1.54, 1.807) is 24.3 Å². The molecule has 0 aliphatic heterocycles. The van der Waals surface area contributed by atoms with E-state index in [-0.39, 0.29) is 30.7 Å². The number of ether oxygens (including phenoxy) is 1. The number of benzene rings is 2. The van der Waals surface area contributed by atoms with Crippen molar-refractivity contribution in [2.24, 2.45) is 0 Å². The van der Waals surface area contributed by atoms with Gasteiger partial charge in [0.05, 0.1) is 30.7 Å². The average molecular weight is 374 g/mol. The van der Waals surface area contributed by atoms with Crippen LogP contribution in [0.15, 0.2) is 47.3 Å². The standard InChI is InChI=1S/C19H16F2N2O4/c20-15-7-3-4-12(18(15)21)11-27-17(25)10-16-13-5-1-2-6-14(13)19(26)23(22-16)8-9-24/h1-7,24H,8-11H2. The quantitative estimate of drug-likeness (QED) is 0.667. The zero-order valence-corrected chi connectivity index (χ0v) is 14.2. The lowest BCUT2D eigenvalue weighted by atomic mass is 10.1. The van der Waals surface area contributed by atoms with Crippen LogP contribution in [-0.4, -0.2) is 27.5 Å². The molecule has 27 heavy (non-hydrogen) atoms. The van der Waals surface area contributed by atoms with E-state index < -0.39 is 24.2 Å². The summed E-state index contributed by atoms with van der Waals surface area (Å²) in [6, 6.07) is 10.3. The molecule has 0 saturated heterocycles. The van der Waals surface area contributed by atoms with Crippen LogP contribution in [0.25, 0.3) is 10.8 Å². The summed E-state index contributed by atoms with van der Waals surface area (Å²) in [4.78, 5) is 24.5. The fraction of sp³-hybridized carbons (Fsp3) is 0.211. The number of carbonyl (C=O) groups excluding carboxylic acids is 1. The topological polar surface area (TPSA) is 81.4 Å². The second-order valence-electron chi connectivity index (χ2n) is 5.79. The van der Waals surface area contributed by atoms with Gasteiger partial charge in [0.1, 0.15) is 6.61 Å². The third-order valence-electron chi connectivity index (χ3n) is 3.99. The minimum Gasteiger partial charge on any atom is -0.460 e. The van der Waals surface area contributed by atoms with Crippen molar-refractivity contribution in [3.63, 3.8) is 0 Å². The van der Waals surface area contributed by atoms with E-state index >= 15 is 0 Å². The van der Waals surface area contributed by atoms with Crippen molar-refractivity contribution in [1.29, 1.82) is 0 Å². The first-order chi connectivity index (χ1) is 13.0. The lowest BCUT2D eigenvalue weighted by molar-refractivity contribution is -0.144. The number of fused-ring (bicyclic) bond motifs is 1. The van der Waals surface area contributed by atoms with Gasteiger partial charge in [0, 0.05) is 10.9 Å². The SMILES string of the molecule is O=C(Cc1nn(CCO)c(=O)c2ccccc12)OCc1cccc(F)c1F. The van der Waals surface area contributed by atoms with Crippen molar-refractivity contribution in [2.45, 2.75) is 19.6 Å². The molecule has 0 aliphatic rings. The lowest BCUT2D eigenvalue weighted by Gasteiger charge is -2.10. The molecule has 0 atom stereocenters. The zero-order valence-electron chi connectivity index (χ0n) is 14.2. The maximum atomic E-state index is 13.6. The number of esters is 1. The number of aliphatic hydroxyl groups is 1. The van der Waals surface area contributed by atoms with Crippen LogP contribution in [0.3, 0.4) is 0 Å². The molecule has 8 heteroatoms. The second kappa shape index (κ2) is 8.05. The van der Waals surface area contributed by atoms with Gasteiger partial charge in [0.15, 0.2) is 11.6 Å². The summed E-state index contributed by atoms with van der Waals surface area (Å²) in [5, 5.41) is 14.1. The Hall–Kier alpha value is -3.13. The van der Waals surface area contributed by atoms with E-state index in [9.17, 15) is 18.4 Å². The van der Waals surface area contributed by atoms with Crippen molar-refractivity contribution in [3.8, 4) is 0 Å². The molecule has 3 rings (SSSR count). The molecular weight excluding hydrogens is 358 g/mol. The van der Waals surface area contributed by atoms with Gasteiger partial charge in [-0.05, 0) is 12.1 Å². The summed E-state index contributed by atoms with van der Waals surface area (Å²) in [6.45, 7) is -0.717. The molecule has 3 aromatic rings. The van der Waals surface area contributed by atoms with Gasteiger partial charge in [-0.2, -0.15) is 5.10 Å². The van der Waals surface area contributed by atoms with Crippen molar-refractivity contribution in [3.05, 3.63) is 75.7 Å². The van der Waals surface area contributed by atoms with Gasteiger partial charge in [-0.25, -0.2) is 13.5 Å². The van der Waals surface area contributed by atoms with Gasteiger partial charge in [-0.1, -0.05) is 30.3 Å². The molecular formula is C19H16F2N2O4. The minimum absolute atomic E-state index is 0.0137. The van der Waals surface area contributed by atoms with Gasteiger partial charge in [0.2, 0.25) is 0 Å². The lowest BCUT2D eigenvalue weighted by Crippen LogP contribution is -2.27. The van der Waals surface area contributed by atoms with E-state index in [1.807, 2.05) is 0 Å². The third kappa shape index (κ3) is 4.01. The van der Waals surface area contributed by atoms with Crippen LogP contribution >= 0.6 is 0 Å². The van der Waals surface area contributed by atoms with Gasteiger partial charge in [0.25, 0.3) is 5.56 Å². The first kappa shape index (κ1) is 18.7. The Morgan fingerprint density at radius 3 is 2.59 bits per heavy atom. The number of hydrogen-bond donors (Lipinski definition) is 1. The van der Waals surface area contributed by atoms with E-state index in [2.05, 4.69) is 5.10 Å². The molecule has 1 N–H and O–H groups in total. The van der Waals surface area contributed by atoms with E-state index in [1.165, 1.54) is 12.1 Å². The maximum Gasteiger partial charge on any atom is 0.312 e. The molecule has 0 spiro atoms. The van der Waals surface area contributed by atoms with Crippen LogP contribution in [0.2, 0.25) is 0 Å². The normalized spacial score (nSPS) is 10.9. The van der Waals surface area contributed by atoms with Gasteiger partial charge < -0.3 is 9.84 Å². The Bertz CT molecular complexity index is 1050. The molecule has 0 fully saturated rings. The molecule has 1 heterocycles. The number of aliphatic hydroxyl groups excluding tert-OH is 1. The van der Waals surface area contributed by atoms with Crippen molar-refractivity contribution in [1.82, 2.24) is 9.78 Å². The smallest absolute Gasteiger partial charge is 0.312 e. The fourth-order valence-electron chi connectivity index (χ4n) is 2.69. The highest BCUT2D eigenvalue weighted by Crippen LogP contribution is 2.16. The number of aromatic nitrogens is 2. The van der Waals surface area contributed by atoms with Gasteiger partial charge >= 0.3 is 5.97 Å². The van der Waals surface area contributed by atoms with Crippen LogP contribution in [0.1, 0.15) is 11.3 Å². The monoisotopic (exact) mass is 374 g/mol. The Kier molecular flexibility index (Phi) is 5.56. The molecule has 0 bridgehead atoms. The van der Waals surface area contributed by atoms with Crippen LogP contribution in [0.4, 0.5) is 8.78 Å². The number of hydrogen-bond acceptors (Lipinski definition) is 5. The average Bonchev–Trinajstić information content (AvgIpc) is 2.67. The summed E-state index contributed by atoms with van der Waals surface area (Å²) in [5.74, 6) is -2.79. The minimum atomic E-state index is -1.06. The van der Waals surface area contributed by atoms with Crippen LogP contribution in [0, 0.1) is 11.6 Å². The van der Waals surface area contributed by atoms with Crippen molar-refractivity contribution >= 4 is 16.7 Å². The molecule has 0 radical (unpaired) electrons. The molecule has 0 aliphatic carbocycles. The Morgan fingerprint density at radius 2 is 1.85 bits per heavy atom. The first-order valence-electron chi connectivity index (χ1n) is 8.19. The highest BCUT2D eigenvalue weighted by atomic mass is 19.2. The number of carbonyl (C=O) groups is 1. The zero-order chi connectivity index (χ0) is 19.4. The second-order valence-corrected chi connectivity index (χ2v) is 5.79. The number of halogens is 2.